The number of nitrogens with one attached hydrogen (secondary N) is 1. The molecule has 1 fully saturated rings. The zero-order valence-corrected chi connectivity index (χ0v) is 13.1. The second-order valence-electron chi connectivity index (χ2n) is 6.41. The van der Waals surface area contributed by atoms with E-state index in [1.165, 1.54) is 19.3 Å². The van der Waals surface area contributed by atoms with Crippen LogP contribution in [0.4, 0.5) is 0 Å². The van der Waals surface area contributed by atoms with Gasteiger partial charge in [0.2, 0.25) is 5.91 Å². The summed E-state index contributed by atoms with van der Waals surface area (Å²) in [6.45, 7) is 3.79. The maximum atomic E-state index is 11.5. The van der Waals surface area contributed by atoms with Crippen molar-refractivity contribution in [2.75, 3.05) is 41.3 Å². The average Bonchev–Trinajstić information content (AvgIpc) is 2.30. The van der Waals surface area contributed by atoms with Gasteiger partial charge in [-0.1, -0.05) is 0 Å². The first-order valence-corrected chi connectivity index (χ1v) is 7.10. The molecule has 0 heterocycles. The van der Waals surface area contributed by atoms with Crippen molar-refractivity contribution in [2.45, 2.75) is 43.7 Å². The first kappa shape index (κ1) is 16.4. The highest BCUT2D eigenvalue weighted by atomic mass is 16.1. The summed E-state index contributed by atoms with van der Waals surface area (Å²) < 4.78 is 0. The van der Waals surface area contributed by atoms with Crippen molar-refractivity contribution in [2.24, 2.45) is 5.73 Å². The number of carbonyl (C=O) groups is 1. The maximum absolute atomic E-state index is 11.5. The van der Waals surface area contributed by atoms with Crippen molar-refractivity contribution < 1.29 is 4.79 Å². The van der Waals surface area contributed by atoms with Gasteiger partial charge in [0.1, 0.15) is 0 Å². The van der Waals surface area contributed by atoms with Crippen LogP contribution < -0.4 is 11.1 Å². The lowest BCUT2D eigenvalue weighted by Crippen LogP contribution is -2.58. The van der Waals surface area contributed by atoms with Gasteiger partial charge in [-0.05, 0) is 60.8 Å². The molecule has 1 unspecified atom stereocenters. The molecule has 3 N–H and O–H groups in total. The van der Waals surface area contributed by atoms with Gasteiger partial charge in [-0.3, -0.25) is 4.79 Å². The summed E-state index contributed by atoms with van der Waals surface area (Å²) >= 11 is 0. The van der Waals surface area contributed by atoms with Crippen LogP contribution in [0.25, 0.3) is 0 Å². The van der Waals surface area contributed by atoms with Gasteiger partial charge in [0.25, 0.3) is 0 Å². The number of nitrogens with zero attached hydrogens (tertiary/aromatic N) is 2. The van der Waals surface area contributed by atoms with Crippen LogP contribution in [0, 0.1) is 0 Å². The lowest BCUT2D eigenvalue weighted by atomic mass is 9.75. The summed E-state index contributed by atoms with van der Waals surface area (Å²) in [6.07, 6.45) is 4.59. The van der Waals surface area contributed by atoms with Gasteiger partial charge >= 0.3 is 0 Å². The van der Waals surface area contributed by atoms with Crippen LogP contribution in [0.1, 0.15) is 32.6 Å². The molecule has 1 aliphatic carbocycles. The van der Waals surface area contributed by atoms with Crippen LogP contribution in [0.5, 0.6) is 0 Å². The Morgan fingerprint density at radius 1 is 1.37 bits per heavy atom. The highest BCUT2D eigenvalue weighted by Crippen LogP contribution is 2.36. The maximum Gasteiger partial charge on any atom is 0.237 e. The zero-order chi connectivity index (χ0) is 14.7. The predicted molar refractivity (Wildman–Crippen MR) is 79.0 cm³/mol. The molecule has 0 aliphatic heterocycles. The highest BCUT2D eigenvalue weighted by molar-refractivity contribution is 5.84. The monoisotopic (exact) mass is 270 g/mol. The fourth-order valence-corrected chi connectivity index (χ4v) is 2.70. The largest absolute Gasteiger partial charge is 0.368 e. The number of nitrogens with two attached hydrogens (primary N) is 1. The summed E-state index contributed by atoms with van der Waals surface area (Å²) in [6, 6.07) is 0. The quantitative estimate of drug-likeness (QED) is 0.664. The molecule has 0 spiro atoms. The van der Waals surface area contributed by atoms with Gasteiger partial charge in [-0.2, -0.15) is 0 Å². The molecule has 5 heteroatoms. The van der Waals surface area contributed by atoms with Crippen molar-refractivity contribution in [1.82, 2.24) is 15.1 Å². The van der Waals surface area contributed by atoms with Crippen molar-refractivity contribution in [3.05, 3.63) is 0 Å². The Balaban J connectivity index is 2.47. The van der Waals surface area contributed by atoms with Gasteiger partial charge < -0.3 is 20.9 Å². The Morgan fingerprint density at radius 2 is 1.95 bits per heavy atom. The van der Waals surface area contributed by atoms with Crippen molar-refractivity contribution >= 4 is 5.91 Å². The van der Waals surface area contributed by atoms with Crippen molar-refractivity contribution in [3.8, 4) is 0 Å². The summed E-state index contributed by atoms with van der Waals surface area (Å²) in [5.41, 5.74) is 5.17. The average molecular weight is 270 g/mol. The SMILES string of the molecule is CNC(C)(CCN(C)CC1(N(C)C)CCC1)C(N)=O. The van der Waals surface area contributed by atoms with Gasteiger partial charge in [0.05, 0.1) is 5.54 Å². The summed E-state index contributed by atoms with van der Waals surface area (Å²) in [7, 11) is 8.24. The van der Waals surface area contributed by atoms with Crippen molar-refractivity contribution in [3.63, 3.8) is 0 Å². The number of likely N-dealkylation sites (N-methyl/N-ethyl adjacent to an activating group) is 3. The minimum atomic E-state index is -0.612. The summed E-state index contributed by atoms with van der Waals surface area (Å²) in [5, 5.41) is 3.04. The highest BCUT2D eigenvalue weighted by Gasteiger charge is 2.40. The molecule has 1 atom stereocenters. The molecule has 112 valence electrons. The van der Waals surface area contributed by atoms with E-state index in [0.717, 1.165) is 19.5 Å². The van der Waals surface area contributed by atoms with E-state index in [-0.39, 0.29) is 5.91 Å². The summed E-state index contributed by atoms with van der Waals surface area (Å²) in [5.74, 6) is -0.283. The molecule has 0 aromatic rings. The molecule has 0 aromatic carbocycles. The molecule has 5 nitrogen and oxygen atoms in total. The van der Waals surface area contributed by atoms with Crippen molar-refractivity contribution in [1.29, 1.82) is 0 Å². The number of rotatable bonds is 8. The Bertz CT molecular complexity index is 315. The Kier molecular flexibility index (Phi) is 5.35. The fraction of sp³-hybridized carbons (Fsp3) is 0.929. The molecule has 19 heavy (non-hydrogen) atoms. The molecule has 0 aromatic heterocycles. The van der Waals surface area contributed by atoms with E-state index in [2.05, 4.69) is 36.3 Å². The lowest BCUT2D eigenvalue weighted by molar-refractivity contribution is -0.124. The summed E-state index contributed by atoms with van der Waals surface area (Å²) in [4.78, 5) is 16.1. The Labute approximate surface area is 117 Å². The van der Waals surface area contributed by atoms with E-state index < -0.39 is 5.54 Å². The molecule has 1 aliphatic rings. The van der Waals surface area contributed by atoms with E-state index in [4.69, 9.17) is 5.73 Å². The second kappa shape index (κ2) is 6.20. The van der Waals surface area contributed by atoms with Gasteiger partial charge in [0, 0.05) is 18.6 Å². The number of hydrogen-bond donors (Lipinski definition) is 2. The number of amides is 1. The van der Waals surface area contributed by atoms with Gasteiger partial charge in [0.15, 0.2) is 0 Å². The smallest absolute Gasteiger partial charge is 0.237 e. The topological polar surface area (TPSA) is 61.6 Å². The van der Waals surface area contributed by atoms with E-state index in [9.17, 15) is 4.79 Å². The fourth-order valence-electron chi connectivity index (χ4n) is 2.70. The van der Waals surface area contributed by atoms with Crippen LogP contribution in [0.2, 0.25) is 0 Å². The van der Waals surface area contributed by atoms with Crippen LogP contribution >= 0.6 is 0 Å². The first-order valence-electron chi connectivity index (χ1n) is 7.10. The molecule has 0 bridgehead atoms. The van der Waals surface area contributed by atoms with Gasteiger partial charge in [-0.25, -0.2) is 0 Å². The predicted octanol–water partition coefficient (Wildman–Crippen LogP) is 0.256. The van der Waals surface area contributed by atoms with Crippen LogP contribution in [-0.4, -0.2) is 68.1 Å². The van der Waals surface area contributed by atoms with E-state index in [1.807, 2.05) is 6.92 Å². The third-order valence-corrected chi connectivity index (χ3v) is 4.89. The minimum Gasteiger partial charge on any atom is -0.368 e. The molecule has 0 saturated heterocycles. The van der Waals surface area contributed by atoms with Crippen LogP contribution in [0.3, 0.4) is 0 Å². The number of primary amides is 1. The molecular weight excluding hydrogens is 240 g/mol. The van der Waals surface area contributed by atoms with E-state index in [0.29, 0.717) is 5.54 Å². The minimum absolute atomic E-state index is 0.283. The van der Waals surface area contributed by atoms with E-state index >= 15 is 0 Å². The normalized spacial score (nSPS) is 21.2. The van der Waals surface area contributed by atoms with Gasteiger partial charge in [-0.15, -0.1) is 0 Å². The second-order valence-corrected chi connectivity index (χ2v) is 6.41. The number of hydrogen-bond acceptors (Lipinski definition) is 4. The first-order chi connectivity index (χ1) is 8.76. The molecular formula is C14H30N4O. The van der Waals surface area contributed by atoms with Crippen LogP contribution in [-0.2, 0) is 4.79 Å². The third-order valence-electron chi connectivity index (χ3n) is 4.89. The molecule has 1 saturated carbocycles. The van der Waals surface area contributed by atoms with Crippen LogP contribution in [0.15, 0.2) is 0 Å². The zero-order valence-electron chi connectivity index (χ0n) is 13.1. The Hall–Kier alpha value is -0.650. The lowest BCUT2D eigenvalue weighted by Gasteiger charge is -2.49. The van der Waals surface area contributed by atoms with E-state index in [1.54, 1.807) is 7.05 Å². The standard InChI is InChI=1S/C14H30N4O/c1-13(16-2,12(15)19)9-10-18(5)11-14(17(3)4)7-6-8-14/h16H,6-11H2,1-5H3,(H2,15,19). The third kappa shape index (κ3) is 3.68. The molecule has 0 radical (unpaired) electrons. The number of carbonyl (C=O) groups excluding carboxylic acids is 1. The Morgan fingerprint density at radius 3 is 2.26 bits per heavy atom. The molecule has 1 rings (SSSR count). The molecule has 1 amide bonds.